The Kier molecular flexibility index (Phi) is 3.71. The predicted molar refractivity (Wildman–Crippen MR) is 99.4 cm³/mol. The van der Waals surface area contributed by atoms with E-state index in [1.54, 1.807) is 0 Å². The van der Waals surface area contributed by atoms with Crippen LogP contribution in [0.2, 0.25) is 0 Å². The average Bonchev–Trinajstić information content (AvgIpc) is 3.26. The van der Waals surface area contributed by atoms with E-state index in [0.29, 0.717) is 11.4 Å². The number of esters is 1. The SMILES string of the molecule is Cc1cccc(Oc2ccc(NC(=O)[C@H]3[C@@H]4C[C@H]5[C@@H]3C(=O)O[C@@H]5C4)cc2)c1. The molecule has 1 amide bonds. The second-order valence-corrected chi connectivity index (χ2v) is 7.85. The first-order chi connectivity index (χ1) is 13.1. The molecule has 0 radical (unpaired) electrons. The van der Waals surface area contributed by atoms with Gasteiger partial charge in [-0.2, -0.15) is 0 Å². The minimum Gasteiger partial charge on any atom is -0.462 e. The average molecular weight is 363 g/mol. The van der Waals surface area contributed by atoms with Crippen molar-refractivity contribution < 1.29 is 19.1 Å². The highest BCUT2D eigenvalue weighted by atomic mass is 16.6. The summed E-state index contributed by atoms with van der Waals surface area (Å²) in [5.74, 6) is 1.22. The summed E-state index contributed by atoms with van der Waals surface area (Å²) in [7, 11) is 0. The number of nitrogens with one attached hydrogen (secondary N) is 1. The molecule has 2 aliphatic carbocycles. The van der Waals surface area contributed by atoms with E-state index in [1.807, 2.05) is 55.5 Å². The van der Waals surface area contributed by atoms with Crippen LogP contribution in [0.3, 0.4) is 0 Å². The van der Waals surface area contributed by atoms with Crippen molar-refractivity contribution in [1.82, 2.24) is 0 Å². The van der Waals surface area contributed by atoms with E-state index in [9.17, 15) is 9.59 Å². The zero-order valence-electron chi connectivity index (χ0n) is 15.1. The Morgan fingerprint density at radius 1 is 1.11 bits per heavy atom. The van der Waals surface area contributed by atoms with Gasteiger partial charge in [-0.1, -0.05) is 12.1 Å². The third-order valence-corrected chi connectivity index (χ3v) is 6.13. The van der Waals surface area contributed by atoms with Crippen LogP contribution in [-0.4, -0.2) is 18.0 Å². The number of hydrogen-bond donors (Lipinski definition) is 1. The molecule has 0 unspecified atom stereocenters. The van der Waals surface area contributed by atoms with Gasteiger partial charge in [0.15, 0.2) is 0 Å². The van der Waals surface area contributed by atoms with E-state index >= 15 is 0 Å². The second kappa shape index (κ2) is 6.12. The first-order valence-corrected chi connectivity index (χ1v) is 9.44. The van der Waals surface area contributed by atoms with E-state index in [1.165, 1.54) is 0 Å². The molecule has 2 aromatic carbocycles. The number of hydrogen-bond acceptors (Lipinski definition) is 4. The summed E-state index contributed by atoms with van der Waals surface area (Å²) in [6.45, 7) is 2.02. The minimum absolute atomic E-state index is 0.0506. The van der Waals surface area contributed by atoms with Crippen LogP contribution in [0, 0.1) is 30.6 Å². The van der Waals surface area contributed by atoms with Crippen LogP contribution in [0.25, 0.3) is 0 Å². The van der Waals surface area contributed by atoms with Crippen molar-refractivity contribution in [3.05, 3.63) is 54.1 Å². The maximum Gasteiger partial charge on any atom is 0.310 e. The monoisotopic (exact) mass is 363 g/mol. The van der Waals surface area contributed by atoms with Crippen molar-refractivity contribution in [2.75, 3.05) is 5.32 Å². The number of amides is 1. The van der Waals surface area contributed by atoms with Crippen molar-refractivity contribution in [3.8, 4) is 11.5 Å². The van der Waals surface area contributed by atoms with Crippen molar-refractivity contribution >= 4 is 17.6 Å². The smallest absolute Gasteiger partial charge is 0.310 e. The topological polar surface area (TPSA) is 64.6 Å². The Morgan fingerprint density at radius 2 is 1.93 bits per heavy atom. The van der Waals surface area contributed by atoms with Crippen molar-refractivity contribution in [2.45, 2.75) is 25.9 Å². The Morgan fingerprint density at radius 3 is 2.70 bits per heavy atom. The molecule has 2 aromatic rings. The standard InChI is InChI=1S/C22H21NO4/c1-12-3-2-4-16(9-12)26-15-7-5-14(6-8-15)23-21(24)19-13-10-17-18(11-13)27-22(25)20(17)19/h2-9,13,17-20H,10-11H2,1H3,(H,23,24)/t13-,17-,18-,19+,20+/m1/s1. The number of aryl methyl sites for hydroxylation is 1. The zero-order chi connectivity index (χ0) is 18.5. The molecule has 5 heteroatoms. The van der Waals surface area contributed by atoms with E-state index < -0.39 is 0 Å². The molecule has 138 valence electrons. The van der Waals surface area contributed by atoms with Gasteiger partial charge in [0.25, 0.3) is 0 Å². The summed E-state index contributed by atoms with van der Waals surface area (Å²) < 4.78 is 11.3. The lowest BCUT2D eigenvalue weighted by molar-refractivity contribution is -0.145. The van der Waals surface area contributed by atoms with Crippen LogP contribution in [0.15, 0.2) is 48.5 Å². The van der Waals surface area contributed by atoms with Crippen molar-refractivity contribution in [1.29, 1.82) is 0 Å². The lowest BCUT2D eigenvalue weighted by Crippen LogP contribution is -2.35. The number of rotatable bonds is 4. The third kappa shape index (κ3) is 2.78. The maximum absolute atomic E-state index is 12.8. The number of ether oxygens (including phenoxy) is 2. The quantitative estimate of drug-likeness (QED) is 0.836. The van der Waals surface area contributed by atoms with E-state index in [-0.39, 0.29) is 41.7 Å². The summed E-state index contributed by atoms with van der Waals surface area (Å²) in [5.41, 5.74) is 1.84. The molecule has 1 aliphatic heterocycles. The van der Waals surface area contributed by atoms with Crippen molar-refractivity contribution in [2.24, 2.45) is 23.7 Å². The van der Waals surface area contributed by atoms with Gasteiger partial charge in [-0.3, -0.25) is 9.59 Å². The van der Waals surface area contributed by atoms with E-state index in [2.05, 4.69) is 5.32 Å². The Balaban J connectivity index is 1.26. The number of benzene rings is 2. The van der Waals surface area contributed by atoms with Gasteiger partial charge in [-0.25, -0.2) is 0 Å². The van der Waals surface area contributed by atoms with Crippen molar-refractivity contribution in [3.63, 3.8) is 0 Å². The molecule has 5 nitrogen and oxygen atoms in total. The summed E-state index contributed by atoms with van der Waals surface area (Å²) in [5, 5.41) is 2.97. The fourth-order valence-corrected chi connectivity index (χ4v) is 5.01. The highest BCUT2D eigenvalue weighted by molar-refractivity contribution is 5.97. The fraction of sp³-hybridized carbons (Fsp3) is 0.364. The molecule has 5 rings (SSSR count). The molecular weight excluding hydrogens is 342 g/mol. The second-order valence-electron chi connectivity index (χ2n) is 7.85. The molecule has 1 saturated heterocycles. The highest BCUT2D eigenvalue weighted by Gasteiger charge is 2.63. The number of fused-ring (bicyclic) bond motifs is 1. The lowest BCUT2D eigenvalue weighted by atomic mass is 9.79. The number of anilines is 1. The van der Waals surface area contributed by atoms with Gasteiger partial charge in [0.1, 0.15) is 17.6 Å². The first kappa shape index (κ1) is 16.4. The molecule has 0 aromatic heterocycles. The van der Waals surface area contributed by atoms with Gasteiger partial charge in [0, 0.05) is 11.6 Å². The molecule has 3 fully saturated rings. The van der Waals surface area contributed by atoms with Crippen LogP contribution in [-0.2, 0) is 14.3 Å². The molecule has 0 spiro atoms. The van der Waals surface area contributed by atoms with E-state index in [0.717, 1.165) is 24.2 Å². The Bertz CT molecular complexity index is 905. The molecule has 2 bridgehead atoms. The van der Waals surface area contributed by atoms with Gasteiger partial charge < -0.3 is 14.8 Å². The summed E-state index contributed by atoms with van der Waals surface area (Å²) in [6, 6.07) is 15.2. The van der Waals surface area contributed by atoms with Crippen LogP contribution >= 0.6 is 0 Å². The largest absolute Gasteiger partial charge is 0.462 e. The molecular formula is C22H21NO4. The van der Waals surface area contributed by atoms with Gasteiger partial charge in [-0.15, -0.1) is 0 Å². The Hall–Kier alpha value is -2.82. The summed E-state index contributed by atoms with van der Waals surface area (Å²) >= 11 is 0. The molecule has 5 atom stereocenters. The van der Waals surface area contributed by atoms with Crippen LogP contribution < -0.4 is 10.1 Å². The minimum atomic E-state index is -0.260. The Labute approximate surface area is 157 Å². The maximum atomic E-state index is 12.8. The van der Waals surface area contributed by atoms with Gasteiger partial charge in [0.05, 0.1) is 11.8 Å². The summed E-state index contributed by atoms with van der Waals surface area (Å²) in [6.07, 6.45) is 1.81. The van der Waals surface area contributed by atoms with Gasteiger partial charge >= 0.3 is 5.97 Å². The van der Waals surface area contributed by atoms with Crippen LogP contribution in [0.1, 0.15) is 18.4 Å². The number of carbonyl (C=O) groups is 2. The van der Waals surface area contributed by atoms with Crippen LogP contribution in [0.5, 0.6) is 11.5 Å². The predicted octanol–water partition coefficient (Wildman–Crippen LogP) is 3.92. The lowest BCUT2D eigenvalue weighted by Gasteiger charge is -2.23. The first-order valence-electron chi connectivity index (χ1n) is 9.44. The molecule has 2 saturated carbocycles. The molecule has 3 aliphatic rings. The normalized spacial score (nSPS) is 30.3. The third-order valence-electron chi connectivity index (χ3n) is 6.13. The molecule has 1 N–H and O–H groups in total. The molecule has 27 heavy (non-hydrogen) atoms. The van der Waals surface area contributed by atoms with E-state index in [4.69, 9.17) is 9.47 Å². The highest BCUT2D eigenvalue weighted by Crippen LogP contribution is 2.57. The van der Waals surface area contributed by atoms with Gasteiger partial charge in [-0.05, 0) is 67.6 Å². The molecule has 1 heterocycles. The fourth-order valence-electron chi connectivity index (χ4n) is 5.01. The summed E-state index contributed by atoms with van der Waals surface area (Å²) in [4.78, 5) is 24.9. The van der Waals surface area contributed by atoms with Crippen LogP contribution in [0.4, 0.5) is 5.69 Å². The van der Waals surface area contributed by atoms with Gasteiger partial charge in [0.2, 0.25) is 5.91 Å². The number of carbonyl (C=O) groups excluding carboxylic acids is 2. The zero-order valence-corrected chi connectivity index (χ0v) is 15.1.